The molecule has 21 heavy (non-hydrogen) atoms. The molecule has 2 nitrogen and oxygen atoms in total. The van der Waals surface area contributed by atoms with Crippen LogP contribution in [0.1, 0.15) is 87.8 Å². The summed E-state index contributed by atoms with van der Waals surface area (Å²) in [6, 6.07) is 0.437. The van der Waals surface area contributed by atoms with Gasteiger partial charge in [-0.2, -0.15) is 0 Å². The molecule has 0 radical (unpaired) electrons. The van der Waals surface area contributed by atoms with E-state index in [9.17, 15) is 0 Å². The van der Waals surface area contributed by atoms with Crippen molar-refractivity contribution in [2.75, 3.05) is 6.54 Å². The highest BCUT2D eigenvalue weighted by atomic mass is 32.1. The molecular weight excluding hydrogens is 276 g/mol. The molecule has 1 aromatic heterocycles. The van der Waals surface area contributed by atoms with Crippen molar-refractivity contribution < 1.29 is 0 Å². The van der Waals surface area contributed by atoms with Crippen molar-refractivity contribution in [3.8, 4) is 0 Å². The van der Waals surface area contributed by atoms with Crippen molar-refractivity contribution in [2.24, 2.45) is 11.3 Å². The van der Waals surface area contributed by atoms with Crippen LogP contribution in [0.2, 0.25) is 0 Å². The van der Waals surface area contributed by atoms with Crippen LogP contribution in [0, 0.1) is 18.3 Å². The Morgan fingerprint density at radius 1 is 1.24 bits per heavy atom. The van der Waals surface area contributed by atoms with Crippen LogP contribution in [0.5, 0.6) is 0 Å². The largest absolute Gasteiger partial charge is 0.310 e. The summed E-state index contributed by atoms with van der Waals surface area (Å²) in [4.78, 5) is 6.34. The van der Waals surface area contributed by atoms with Crippen LogP contribution in [0.3, 0.4) is 0 Å². The number of hydrogen-bond donors (Lipinski definition) is 1. The van der Waals surface area contributed by atoms with Crippen LogP contribution in [-0.4, -0.2) is 11.5 Å². The quantitative estimate of drug-likeness (QED) is 0.801. The Bertz CT molecular complexity index is 450. The van der Waals surface area contributed by atoms with Crippen molar-refractivity contribution in [3.63, 3.8) is 0 Å². The lowest BCUT2D eigenvalue weighted by Gasteiger charge is -2.36. The van der Waals surface area contributed by atoms with E-state index in [2.05, 4.69) is 46.9 Å². The Kier molecular flexibility index (Phi) is 5.48. The molecular formula is C18H32N2S. The number of rotatable bonds is 4. The van der Waals surface area contributed by atoms with Gasteiger partial charge in [0.05, 0.1) is 10.7 Å². The van der Waals surface area contributed by atoms with Gasteiger partial charge in [0.25, 0.3) is 0 Å². The van der Waals surface area contributed by atoms with Crippen LogP contribution < -0.4 is 5.32 Å². The van der Waals surface area contributed by atoms with Crippen LogP contribution in [-0.2, 0) is 0 Å². The van der Waals surface area contributed by atoms with E-state index in [4.69, 9.17) is 4.98 Å². The third-order valence-electron chi connectivity index (χ3n) is 5.05. The fourth-order valence-electron chi connectivity index (χ4n) is 3.61. The van der Waals surface area contributed by atoms with Gasteiger partial charge in [0, 0.05) is 16.8 Å². The van der Waals surface area contributed by atoms with Crippen molar-refractivity contribution in [1.29, 1.82) is 0 Å². The first kappa shape index (κ1) is 17.0. The highest BCUT2D eigenvalue weighted by Crippen LogP contribution is 2.44. The zero-order valence-electron chi connectivity index (χ0n) is 14.6. The van der Waals surface area contributed by atoms with E-state index in [0.29, 0.717) is 17.4 Å². The summed E-state index contributed by atoms with van der Waals surface area (Å²) in [5.74, 6) is 1.59. The molecule has 0 aromatic carbocycles. The summed E-state index contributed by atoms with van der Waals surface area (Å²) in [6.45, 7) is 14.8. The second kappa shape index (κ2) is 6.78. The minimum atomic E-state index is 0.437. The van der Waals surface area contributed by atoms with Crippen LogP contribution in [0.15, 0.2) is 0 Å². The first-order valence-electron chi connectivity index (χ1n) is 8.53. The molecule has 1 atom stereocenters. The van der Waals surface area contributed by atoms with Crippen molar-refractivity contribution >= 4 is 11.3 Å². The number of aryl methyl sites for hydroxylation is 1. The van der Waals surface area contributed by atoms with Crippen molar-refractivity contribution in [1.82, 2.24) is 10.3 Å². The van der Waals surface area contributed by atoms with Gasteiger partial charge in [-0.15, -0.1) is 11.3 Å². The van der Waals surface area contributed by atoms with Crippen LogP contribution in [0.4, 0.5) is 0 Å². The topological polar surface area (TPSA) is 24.9 Å². The fourth-order valence-corrected chi connectivity index (χ4v) is 4.88. The lowest BCUT2D eigenvalue weighted by molar-refractivity contribution is 0.169. The molecule has 0 aliphatic heterocycles. The molecule has 1 aliphatic carbocycles. The van der Waals surface area contributed by atoms with Gasteiger partial charge in [-0.25, -0.2) is 4.98 Å². The van der Waals surface area contributed by atoms with E-state index in [1.54, 1.807) is 0 Å². The maximum atomic E-state index is 4.90. The minimum absolute atomic E-state index is 0.437. The van der Waals surface area contributed by atoms with Crippen LogP contribution in [0.25, 0.3) is 0 Å². The summed E-state index contributed by atoms with van der Waals surface area (Å²) < 4.78 is 0. The Labute approximate surface area is 134 Å². The predicted molar refractivity (Wildman–Crippen MR) is 93.1 cm³/mol. The summed E-state index contributed by atoms with van der Waals surface area (Å²) in [5, 5.41) is 4.90. The standard InChI is InChI=1S/C18H32N2S/c1-7-19-12(2)16-13(3)20-17(21-16)14-8-10-15(11-9-14)18(4,5)6/h12,14-15,19H,7-11H2,1-6H3. The highest BCUT2D eigenvalue weighted by molar-refractivity contribution is 7.11. The number of nitrogens with zero attached hydrogens (tertiary/aromatic N) is 1. The summed E-state index contributed by atoms with van der Waals surface area (Å²) in [5.41, 5.74) is 1.70. The Morgan fingerprint density at radius 3 is 2.38 bits per heavy atom. The molecule has 1 fully saturated rings. The van der Waals surface area contributed by atoms with E-state index < -0.39 is 0 Å². The molecule has 0 bridgehead atoms. The normalized spacial score (nSPS) is 25.0. The first-order chi connectivity index (χ1) is 9.82. The van der Waals surface area contributed by atoms with Crippen molar-refractivity contribution in [3.05, 3.63) is 15.6 Å². The summed E-state index contributed by atoms with van der Waals surface area (Å²) in [7, 11) is 0. The lowest BCUT2D eigenvalue weighted by atomic mass is 9.70. The molecule has 0 amide bonds. The van der Waals surface area contributed by atoms with Gasteiger partial charge in [-0.05, 0) is 57.4 Å². The SMILES string of the molecule is CCNC(C)c1sc(C2CCC(C(C)(C)C)CC2)nc1C. The highest BCUT2D eigenvalue weighted by Gasteiger charge is 2.31. The monoisotopic (exact) mass is 308 g/mol. The lowest BCUT2D eigenvalue weighted by Crippen LogP contribution is -2.25. The van der Waals surface area contributed by atoms with Gasteiger partial charge in [-0.1, -0.05) is 27.7 Å². The zero-order chi connectivity index (χ0) is 15.6. The molecule has 2 rings (SSSR count). The van der Waals surface area contributed by atoms with Crippen molar-refractivity contribution in [2.45, 2.75) is 79.2 Å². The van der Waals surface area contributed by atoms with Gasteiger partial charge in [0.15, 0.2) is 0 Å². The van der Waals surface area contributed by atoms with Gasteiger partial charge < -0.3 is 5.32 Å². The van der Waals surface area contributed by atoms with E-state index >= 15 is 0 Å². The molecule has 0 saturated heterocycles. The molecule has 0 spiro atoms. The van der Waals surface area contributed by atoms with Gasteiger partial charge in [0.2, 0.25) is 0 Å². The van der Waals surface area contributed by atoms with Gasteiger partial charge in [-0.3, -0.25) is 0 Å². The number of aromatic nitrogens is 1. The Morgan fingerprint density at radius 2 is 1.86 bits per heavy atom. The van der Waals surface area contributed by atoms with E-state index in [-0.39, 0.29) is 0 Å². The predicted octanol–water partition coefficient (Wildman–Crippen LogP) is 5.44. The first-order valence-corrected chi connectivity index (χ1v) is 9.35. The fraction of sp³-hybridized carbons (Fsp3) is 0.833. The van der Waals surface area contributed by atoms with E-state index in [1.807, 2.05) is 11.3 Å². The van der Waals surface area contributed by atoms with Crippen LogP contribution >= 0.6 is 11.3 Å². The second-order valence-corrected chi connectivity index (χ2v) is 8.76. The third kappa shape index (κ3) is 4.07. The molecule has 1 N–H and O–H groups in total. The Hall–Kier alpha value is -0.410. The second-order valence-electron chi connectivity index (χ2n) is 7.70. The summed E-state index contributed by atoms with van der Waals surface area (Å²) >= 11 is 1.95. The zero-order valence-corrected chi connectivity index (χ0v) is 15.4. The smallest absolute Gasteiger partial charge is 0.0962 e. The molecule has 1 unspecified atom stereocenters. The maximum absolute atomic E-state index is 4.90. The molecule has 3 heteroatoms. The number of nitrogens with one attached hydrogen (secondary N) is 1. The number of thiazole rings is 1. The van der Waals surface area contributed by atoms with E-state index in [1.165, 1.54) is 41.3 Å². The number of hydrogen-bond acceptors (Lipinski definition) is 3. The molecule has 1 heterocycles. The maximum Gasteiger partial charge on any atom is 0.0962 e. The molecule has 120 valence electrons. The minimum Gasteiger partial charge on any atom is -0.310 e. The van der Waals surface area contributed by atoms with Gasteiger partial charge >= 0.3 is 0 Å². The molecule has 1 aromatic rings. The average Bonchev–Trinajstić information content (AvgIpc) is 2.80. The molecule has 1 aliphatic rings. The summed E-state index contributed by atoms with van der Waals surface area (Å²) in [6.07, 6.45) is 5.38. The van der Waals surface area contributed by atoms with E-state index in [0.717, 1.165) is 12.5 Å². The molecule has 1 saturated carbocycles. The Balaban J connectivity index is 2.03. The average molecular weight is 309 g/mol. The van der Waals surface area contributed by atoms with Gasteiger partial charge in [0.1, 0.15) is 0 Å². The third-order valence-corrected chi connectivity index (χ3v) is 6.56.